The number of hydrogen-bond acceptors (Lipinski definition) is 2. The Bertz CT molecular complexity index is 485. The van der Waals surface area contributed by atoms with Crippen molar-refractivity contribution in [2.24, 2.45) is 0 Å². The Morgan fingerprint density at radius 2 is 1.95 bits per heavy atom. The lowest BCUT2D eigenvalue weighted by Crippen LogP contribution is -2.42. The summed E-state index contributed by atoms with van der Waals surface area (Å²) in [4.78, 5) is 12.0. The van der Waals surface area contributed by atoms with E-state index in [0.29, 0.717) is 17.3 Å². The number of aliphatic hydroxyl groups is 1. The monoisotopic (exact) mass is 343 g/mol. The third kappa shape index (κ3) is 4.03. The SMILES string of the molecule is O=C(NCC1(O)CCCCCC1)c1ccc(Br)cc1F. The summed E-state index contributed by atoms with van der Waals surface area (Å²) in [6.45, 7) is 0.182. The van der Waals surface area contributed by atoms with Gasteiger partial charge in [-0.05, 0) is 31.0 Å². The Hall–Kier alpha value is -0.940. The number of nitrogens with one attached hydrogen (secondary N) is 1. The largest absolute Gasteiger partial charge is 0.388 e. The van der Waals surface area contributed by atoms with Gasteiger partial charge < -0.3 is 10.4 Å². The highest BCUT2D eigenvalue weighted by molar-refractivity contribution is 9.10. The van der Waals surface area contributed by atoms with Gasteiger partial charge in [0.1, 0.15) is 5.82 Å². The molecule has 0 aliphatic heterocycles. The third-order valence-corrected chi connectivity index (χ3v) is 4.28. The van der Waals surface area contributed by atoms with E-state index in [-0.39, 0.29) is 12.1 Å². The van der Waals surface area contributed by atoms with Gasteiger partial charge in [0.2, 0.25) is 0 Å². The fourth-order valence-electron chi connectivity index (χ4n) is 2.58. The molecule has 1 fully saturated rings. The van der Waals surface area contributed by atoms with Gasteiger partial charge in [-0.25, -0.2) is 4.39 Å². The van der Waals surface area contributed by atoms with Crippen LogP contribution in [0.2, 0.25) is 0 Å². The minimum Gasteiger partial charge on any atom is -0.388 e. The molecular weight excluding hydrogens is 325 g/mol. The molecule has 1 aliphatic carbocycles. The van der Waals surface area contributed by atoms with Crippen molar-refractivity contribution in [2.45, 2.75) is 44.1 Å². The molecule has 0 spiro atoms. The van der Waals surface area contributed by atoms with E-state index in [2.05, 4.69) is 21.2 Å². The van der Waals surface area contributed by atoms with Gasteiger partial charge in [-0.2, -0.15) is 0 Å². The van der Waals surface area contributed by atoms with Crippen molar-refractivity contribution in [3.63, 3.8) is 0 Å². The van der Waals surface area contributed by atoms with Crippen molar-refractivity contribution in [1.82, 2.24) is 5.32 Å². The lowest BCUT2D eigenvalue weighted by Gasteiger charge is -2.26. The van der Waals surface area contributed by atoms with E-state index in [0.717, 1.165) is 25.7 Å². The van der Waals surface area contributed by atoms with Gasteiger partial charge >= 0.3 is 0 Å². The first-order valence-electron chi connectivity index (χ1n) is 6.96. The molecule has 1 aromatic carbocycles. The van der Waals surface area contributed by atoms with Crippen LogP contribution in [0.5, 0.6) is 0 Å². The van der Waals surface area contributed by atoms with Gasteiger partial charge in [-0.15, -0.1) is 0 Å². The second-order valence-corrected chi connectivity index (χ2v) is 6.36. The van der Waals surface area contributed by atoms with Gasteiger partial charge in [-0.3, -0.25) is 4.79 Å². The Labute approximate surface area is 126 Å². The fourth-order valence-corrected chi connectivity index (χ4v) is 2.91. The molecule has 0 bridgehead atoms. The maximum absolute atomic E-state index is 13.7. The molecule has 0 saturated heterocycles. The van der Waals surface area contributed by atoms with E-state index in [9.17, 15) is 14.3 Å². The summed E-state index contributed by atoms with van der Waals surface area (Å²) in [5.41, 5.74) is -0.844. The second-order valence-electron chi connectivity index (χ2n) is 5.45. The van der Waals surface area contributed by atoms with Crippen molar-refractivity contribution in [3.05, 3.63) is 34.1 Å². The van der Waals surface area contributed by atoms with Crippen LogP contribution in [-0.4, -0.2) is 23.2 Å². The van der Waals surface area contributed by atoms with Gasteiger partial charge in [0.25, 0.3) is 5.91 Å². The minimum absolute atomic E-state index is 0.00502. The van der Waals surface area contributed by atoms with Crippen molar-refractivity contribution in [2.75, 3.05) is 6.54 Å². The lowest BCUT2D eigenvalue weighted by atomic mass is 9.94. The summed E-state index contributed by atoms with van der Waals surface area (Å²) in [6.07, 6.45) is 5.57. The maximum atomic E-state index is 13.7. The topological polar surface area (TPSA) is 49.3 Å². The predicted octanol–water partition coefficient (Wildman–Crippen LogP) is 3.40. The Morgan fingerprint density at radius 3 is 2.55 bits per heavy atom. The molecule has 0 atom stereocenters. The summed E-state index contributed by atoms with van der Waals surface area (Å²) in [7, 11) is 0. The van der Waals surface area contributed by atoms with Crippen LogP contribution in [0.1, 0.15) is 48.9 Å². The van der Waals surface area contributed by atoms with Crippen molar-refractivity contribution >= 4 is 21.8 Å². The molecule has 3 nitrogen and oxygen atoms in total. The van der Waals surface area contributed by atoms with E-state index in [1.54, 1.807) is 6.07 Å². The molecule has 1 aliphatic rings. The van der Waals surface area contributed by atoms with E-state index in [1.807, 2.05) is 0 Å². The van der Waals surface area contributed by atoms with Crippen LogP contribution < -0.4 is 5.32 Å². The first kappa shape index (κ1) is 15.4. The highest BCUT2D eigenvalue weighted by Crippen LogP contribution is 2.26. The molecule has 1 amide bonds. The van der Waals surface area contributed by atoms with Crippen molar-refractivity contribution in [1.29, 1.82) is 0 Å². The van der Waals surface area contributed by atoms with E-state index >= 15 is 0 Å². The van der Waals surface area contributed by atoms with Gasteiger partial charge in [-0.1, -0.05) is 41.6 Å². The van der Waals surface area contributed by atoms with Crippen molar-refractivity contribution in [3.8, 4) is 0 Å². The molecule has 0 radical (unpaired) electrons. The fraction of sp³-hybridized carbons (Fsp3) is 0.533. The molecule has 0 aromatic heterocycles. The predicted molar refractivity (Wildman–Crippen MR) is 79.1 cm³/mol. The number of carbonyl (C=O) groups excluding carboxylic acids is 1. The first-order valence-corrected chi connectivity index (χ1v) is 7.75. The van der Waals surface area contributed by atoms with Crippen molar-refractivity contribution < 1.29 is 14.3 Å². The van der Waals surface area contributed by atoms with E-state index in [4.69, 9.17) is 0 Å². The van der Waals surface area contributed by atoms with Crippen LogP contribution in [0.3, 0.4) is 0 Å². The lowest BCUT2D eigenvalue weighted by molar-refractivity contribution is 0.0246. The highest BCUT2D eigenvalue weighted by Gasteiger charge is 2.28. The molecular formula is C15H19BrFNO2. The van der Waals surface area contributed by atoms with Gasteiger partial charge in [0.05, 0.1) is 11.2 Å². The Balaban J connectivity index is 1.97. The zero-order valence-electron chi connectivity index (χ0n) is 11.3. The van der Waals surface area contributed by atoms with Gasteiger partial charge in [0, 0.05) is 11.0 Å². The number of benzene rings is 1. The molecule has 0 heterocycles. The zero-order chi connectivity index (χ0) is 14.6. The molecule has 1 saturated carbocycles. The molecule has 5 heteroatoms. The molecule has 2 rings (SSSR count). The average Bonchev–Trinajstić information content (AvgIpc) is 2.61. The summed E-state index contributed by atoms with van der Waals surface area (Å²) in [6, 6.07) is 4.32. The molecule has 2 N–H and O–H groups in total. The standard InChI is InChI=1S/C15H19BrFNO2/c16-11-5-6-12(13(17)9-11)14(19)18-10-15(20)7-3-1-2-4-8-15/h5-6,9,20H,1-4,7-8,10H2,(H,18,19). The normalized spacial score (nSPS) is 18.4. The van der Waals surface area contributed by atoms with Crippen LogP contribution >= 0.6 is 15.9 Å². The number of hydrogen-bond donors (Lipinski definition) is 2. The van der Waals surface area contributed by atoms with Crippen LogP contribution in [0.4, 0.5) is 4.39 Å². The number of halogens is 2. The first-order chi connectivity index (χ1) is 9.50. The summed E-state index contributed by atoms with van der Waals surface area (Å²) < 4.78 is 14.3. The van der Waals surface area contributed by atoms with Crippen LogP contribution in [0.15, 0.2) is 22.7 Å². The molecule has 20 heavy (non-hydrogen) atoms. The smallest absolute Gasteiger partial charge is 0.254 e. The van der Waals surface area contributed by atoms with E-state index in [1.165, 1.54) is 12.1 Å². The van der Waals surface area contributed by atoms with Gasteiger partial charge in [0.15, 0.2) is 0 Å². The van der Waals surface area contributed by atoms with E-state index < -0.39 is 17.3 Å². The number of carbonyl (C=O) groups is 1. The highest BCUT2D eigenvalue weighted by atomic mass is 79.9. The Kier molecular flexibility index (Phi) is 5.16. The number of amides is 1. The zero-order valence-corrected chi connectivity index (χ0v) is 12.9. The quantitative estimate of drug-likeness (QED) is 0.826. The minimum atomic E-state index is -0.849. The third-order valence-electron chi connectivity index (χ3n) is 3.79. The number of rotatable bonds is 3. The second kappa shape index (κ2) is 6.68. The molecule has 110 valence electrons. The van der Waals surface area contributed by atoms with Crippen LogP contribution in [-0.2, 0) is 0 Å². The summed E-state index contributed by atoms with van der Waals surface area (Å²) in [5, 5.41) is 13.1. The maximum Gasteiger partial charge on any atom is 0.254 e. The molecule has 0 unspecified atom stereocenters. The summed E-state index contributed by atoms with van der Waals surface area (Å²) >= 11 is 3.15. The Morgan fingerprint density at radius 1 is 1.30 bits per heavy atom. The van der Waals surface area contributed by atoms with Crippen LogP contribution in [0.25, 0.3) is 0 Å². The average molecular weight is 344 g/mol. The summed E-state index contributed by atoms with van der Waals surface area (Å²) in [5.74, 6) is -1.04. The molecule has 1 aromatic rings. The van der Waals surface area contributed by atoms with Crippen LogP contribution in [0, 0.1) is 5.82 Å².